The Balaban J connectivity index is 2.11. The SMILES string of the molecule is CCC1=NC2CCCCCC2N1C. The molecule has 0 spiro atoms. The van der Waals surface area contributed by atoms with Gasteiger partial charge in [0.25, 0.3) is 0 Å². The lowest BCUT2D eigenvalue weighted by Gasteiger charge is -2.24. The van der Waals surface area contributed by atoms with Crippen LogP contribution in [0.4, 0.5) is 0 Å². The molecule has 0 N–H and O–H groups in total. The minimum Gasteiger partial charge on any atom is -0.358 e. The lowest BCUT2D eigenvalue weighted by atomic mass is 10.0. The van der Waals surface area contributed by atoms with E-state index in [-0.39, 0.29) is 0 Å². The van der Waals surface area contributed by atoms with Crippen molar-refractivity contribution in [2.45, 2.75) is 57.5 Å². The number of nitrogens with zero attached hydrogens (tertiary/aromatic N) is 2. The molecule has 2 aliphatic rings. The quantitative estimate of drug-likeness (QED) is 0.605. The average molecular weight is 180 g/mol. The van der Waals surface area contributed by atoms with Crippen LogP contribution in [0, 0.1) is 0 Å². The fraction of sp³-hybridized carbons (Fsp3) is 0.909. The van der Waals surface area contributed by atoms with E-state index in [4.69, 9.17) is 4.99 Å². The predicted octanol–water partition coefficient (Wildman–Crippen LogP) is 2.44. The Kier molecular flexibility index (Phi) is 2.56. The van der Waals surface area contributed by atoms with Crippen LogP contribution in [-0.2, 0) is 0 Å². The fourth-order valence-electron chi connectivity index (χ4n) is 2.69. The molecule has 2 atom stereocenters. The topological polar surface area (TPSA) is 15.6 Å². The van der Waals surface area contributed by atoms with E-state index in [1.165, 1.54) is 37.9 Å². The number of hydrogen-bond donors (Lipinski definition) is 0. The summed E-state index contributed by atoms with van der Waals surface area (Å²) in [7, 11) is 2.22. The van der Waals surface area contributed by atoms with E-state index in [9.17, 15) is 0 Å². The Bertz CT molecular complexity index is 210. The monoisotopic (exact) mass is 180 g/mol. The van der Waals surface area contributed by atoms with Crippen molar-refractivity contribution in [1.29, 1.82) is 0 Å². The predicted molar refractivity (Wildman–Crippen MR) is 56.2 cm³/mol. The molecule has 0 aromatic carbocycles. The fourth-order valence-corrected chi connectivity index (χ4v) is 2.69. The molecular weight excluding hydrogens is 160 g/mol. The van der Waals surface area contributed by atoms with Crippen molar-refractivity contribution in [2.75, 3.05) is 7.05 Å². The minimum atomic E-state index is 0.627. The second-order valence-electron chi connectivity index (χ2n) is 4.28. The normalized spacial score (nSPS) is 34.0. The van der Waals surface area contributed by atoms with Crippen molar-refractivity contribution in [1.82, 2.24) is 4.90 Å². The first-order valence-electron chi connectivity index (χ1n) is 5.62. The van der Waals surface area contributed by atoms with Crippen molar-refractivity contribution in [3.8, 4) is 0 Å². The van der Waals surface area contributed by atoms with Gasteiger partial charge >= 0.3 is 0 Å². The molecule has 1 aliphatic carbocycles. The van der Waals surface area contributed by atoms with E-state index in [2.05, 4.69) is 18.9 Å². The Morgan fingerprint density at radius 2 is 2.08 bits per heavy atom. The standard InChI is InChI=1S/C11H20N2/c1-3-11-12-9-7-5-4-6-8-10(9)13(11)2/h9-10H,3-8H2,1-2H3. The summed E-state index contributed by atoms with van der Waals surface area (Å²) in [6, 6.07) is 1.36. The zero-order chi connectivity index (χ0) is 9.26. The molecule has 0 saturated heterocycles. The summed E-state index contributed by atoms with van der Waals surface area (Å²) < 4.78 is 0. The van der Waals surface area contributed by atoms with Gasteiger partial charge in [-0.05, 0) is 12.8 Å². The van der Waals surface area contributed by atoms with Crippen LogP contribution in [0.1, 0.15) is 45.4 Å². The van der Waals surface area contributed by atoms with E-state index < -0.39 is 0 Å². The van der Waals surface area contributed by atoms with Crippen LogP contribution in [-0.4, -0.2) is 29.9 Å². The van der Waals surface area contributed by atoms with E-state index in [1.807, 2.05) is 0 Å². The van der Waals surface area contributed by atoms with Gasteiger partial charge in [0.1, 0.15) is 0 Å². The molecule has 0 bridgehead atoms. The number of amidine groups is 1. The first kappa shape index (κ1) is 9.04. The number of fused-ring (bicyclic) bond motifs is 1. The molecule has 2 unspecified atom stereocenters. The third kappa shape index (κ3) is 1.59. The van der Waals surface area contributed by atoms with Gasteiger partial charge in [-0.2, -0.15) is 0 Å². The van der Waals surface area contributed by atoms with Gasteiger partial charge in [0, 0.05) is 13.5 Å². The molecule has 1 saturated carbocycles. The van der Waals surface area contributed by atoms with Gasteiger partial charge in [-0.15, -0.1) is 0 Å². The van der Waals surface area contributed by atoms with Crippen molar-refractivity contribution in [3.05, 3.63) is 0 Å². The smallest absolute Gasteiger partial charge is 0.0991 e. The lowest BCUT2D eigenvalue weighted by Crippen LogP contribution is -2.35. The average Bonchev–Trinajstić information content (AvgIpc) is 2.37. The van der Waals surface area contributed by atoms with Gasteiger partial charge in [0.15, 0.2) is 0 Å². The van der Waals surface area contributed by atoms with Crippen molar-refractivity contribution >= 4 is 5.84 Å². The zero-order valence-corrected chi connectivity index (χ0v) is 8.79. The molecule has 0 radical (unpaired) electrons. The van der Waals surface area contributed by atoms with Gasteiger partial charge in [0.05, 0.1) is 17.9 Å². The molecule has 74 valence electrons. The van der Waals surface area contributed by atoms with Crippen LogP contribution in [0.2, 0.25) is 0 Å². The molecule has 0 aromatic rings. The van der Waals surface area contributed by atoms with Gasteiger partial charge < -0.3 is 4.90 Å². The maximum atomic E-state index is 4.81. The van der Waals surface area contributed by atoms with E-state index in [0.717, 1.165) is 12.5 Å². The van der Waals surface area contributed by atoms with Crippen molar-refractivity contribution < 1.29 is 0 Å². The lowest BCUT2D eigenvalue weighted by molar-refractivity contribution is 0.331. The molecular formula is C11H20N2. The number of likely N-dealkylation sites (N-methyl/N-ethyl adjacent to an activating group) is 1. The van der Waals surface area contributed by atoms with Crippen LogP contribution in [0.5, 0.6) is 0 Å². The summed E-state index contributed by atoms with van der Waals surface area (Å²) in [5, 5.41) is 0. The van der Waals surface area contributed by atoms with Gasteiger partial charge in [0.2, 0.25) is 0 Å². The second kappa shape index (κ2) is 3.69. The highest BCUT2D eigenvalue weighted by Gasteiger charge is 2.33. The van der Waals surface area contributed by atoms with E-state index in [0.29, 0.717) is 6.04 Å². The van der Waals surface area contributed by atoms with Crippen molar-refractivity contribution in [3.63, 3.8) is 0 Å². The molecule has 0 amide bonds. The van der Waals surface area contributed by atoms with Gasteiger partial charge in [-0.1, -0.05) is 26.2 Å². The van der Waals surface area contributed by atoms with Crippen LogP contribution in [0.15, 0.2) is 4.99 Å². The minimum absolute atomic E-state index is 0.627. The van der Waals surface area contributed by atoms with Gasteiger partial charge in [-0.3, -0.25) is 4.99 Å². The summed E-state index contributed by atoms with van der Waals surface area (Å²) in [5.74, 6) is 1.33. The first-order valence-corrected chi connectivity index (χ1v) is 5.62. The first-order chi connectivity index (χ1) is 6.33. The maximum absolute atomic E-state index is 4.81. The van der Waals surface area contributed by atoms with E-state index >= 15 is 0 Å². The summed E-state index contributed by atoms with van der Waals surface area (Å²) >= 11 is 0. The van der Waals surface area contributed by atoms with Crippen LogP contribution >= 0.6 is 0 Å². The molecule has 2 rings (SSSR count). The largest absolute Gasteiger partial charge is 0.358 e. The highest BCUT2D eigenvalue weighted by molar-refractivity contribution is 5.84. The van der Waals surface area contributed by atoms with Gasteiger partial charge in [-0.25, -0.2) is 0 Å². The Morgan fingerprint density at radius 3 is 2.85 bits per heavy atom. The number of aliphatic imine (C=N–C) groups is 1. The number of hydrogen-bond acceptors (Lipinski definition) is 2. The maximum Gasteiger partial charge on any atom is 0.0991 e. The van der Waals surface area contributed by atoms with Crippen molar-refractivity contribution in [2.24, 2.45) is 4.99 Å². The number of rotatable bonds is 1. The Hall–Kier alpha value is -0.530. The van der Waals surface area contributed by atoms with Crippen LogP contribution in [0.25, 0.3) is 0 Å². The third-order valence-electron chi connectivity index (χ3n) is 3.48. The highest BCUT2D eigenvalue weighted by Crippen LogP contribution is 2.29. The molecule has 0 aromatic heterocycles. The molecule has 1 fully saturated rings. The summed E-state index contributed by atoms with van der Waals surface area (Å²) in [4.78, 5) is 7.24. The summed E-state index contributed by atoms with van der Waals surface area (Å²) in [6.07, 6.45) is 7.97. The van der Waals surface area contributed by atoms with Crippen LogP contribution < -0.4 is 0 Å². The zero-order valence-electron chi connectivity index (χ0n) is 8.79. The van der Waals surface area contributed by atoms with E-state index in [1.54, 1.807) is 0 Å². The Morgan fingerprint density at radius 1 is 1.31 bits per heavy atom. The molecule has 1 heterocycles. The Labute approximate surface area is 81.0 Å². The molecule has 2 nitrogen and oxygen atoms in total. The summed E-state index contributed by atoms with van der Waals surface area (Å²) in [5.41, 5.74) is 0. The van der Waals surface area contributed by atoms with Crippen LogP contribution in [0.3, 0.4) is 0 Å². The molecule has 2 heteroatoms. The molecule has 1 aliphatic heterocycles. The molecule has 13 heavy (non-hydrogen) atoms. The summed E-state index contributed by atoms with van der Waals surface area (Å²) in [6.45, 7) is 2.21. The second-order valence-corrected chi connectivity index (χ2v) is 4.28. The third-order valence-corrected chi connectivity index (χ3v) is 3.48. The highest BCUT2D eigenvalue weighted by atomic mass is 15.3.